The second-order valence-electron chi connectivity index (χ2n) is 15.8. The standard InChI is InChI=1S/C44H50N4O9/c1-3-31-32-24-30(56-43(54)46-21-16-29(17-22-46)45-18-8-6-9-19-45)13-12-28(32)23-33-34(31)26-48-37(33)25-36-35(41(48)52)27-55-42(53)44(36,4-2)57-40(51)11-7-5-10-20-47-38(49)14-15-39(47)50/h12-15,23-25,29H,3-11,16-22,26-27H2,1-2H3/t44-/m0/s1. The van der Waals surface area contributed by atoms with Crippen LogP contribution in [0.4, 0.5) is 4.79 Å². The van der Waals surface area contributed by atoms with Crippen molar-refractivity contribution < 1.29 is 38.2 Å². The molecule has 2 fully saturated rings. The van der Waals surface area contributed by atoms with Crippen molar-refractivity contribution in [3.63, 3.8) is 0 Å². The van der Waals surface area contributed by atoms with Gasteiger partial charge >= 0.3 is 18.0 Å². The highest BCUT2D eigenvalue weighted by molar-refractivity contribution is 6.12. The predicted molar refractivity (Wildman–Crippen MR) is 210 cm³/mol. The first-order valence-corrected chi connectivity index (χ1v) is 20.6. The van der Waals surface area contributed by atoms with E-state index in [-0.39, 0.29) is 55.0 Å². The van der Waals surface area contributed by atoms with Crippen molar-refractivity contribution in [2.45, 2.75) is 109 Å². The van der Waals surface area contributed by atoms with E-state index in [1.807, 2.05) is 35.2 Å². The van der Waals surface area contributed by atoms with Crippen LogP contribution in [0, 0.1) is 0 Å². The van der Waals surface area contributed by atoms with Crippen LogP contribution >= 0.6 is 0 Å². The molecular weight excluding hydrogens is 729 g/mol. The number of nitrogens with zero attached hydrogens (tertiary/aromatic N) is 4. The van der Waals surface area contributed by atoms with Gasteiger partial charge in [-0.05, 0) is 111 Å². The van der Waals surface area contributed by atoms with Gasteiger partial charge in [-0.25, -0.2) is 9.59 Å². The highest BCUT2D eigenvalue weighted by Crippen LogP contribution is 2.44. The van der Waals surface area contributed by atoms with E-state index >= 15 is 0 Å². The van der Waals surface area contributed by atoms with Crippen molar-refractivity contribution in [1.82, 2.24) is 19.3 Å². The lowest BCUT2D eigenvalue weighted by atomic mass is 9.85. The number of aromatic nitrogens is 1. The van der Waals surface area contributed by atoms with Crippen LogP contribution in [0.15, 0.2) is 47.3 Å². The van der Waals surface area contributed by atoms with E-state index in [0.717, 1.165) is 58.3 Å². The number of likely N-dealkylation sites (tertiary alicyclic amines) is 2. The average Bonchev–Trinajstić information content (AvgIpc) is 3.76. The quantitative estimate of drug-likeness (QED) is 0.105. The zero-order valence-electron chi connectivity index (χ0n) is 32.8. The van der Waals surface area contributed by atoms with Crippen LogP contribution in [0.25, 0.3) is 22.0 Å². The molecule has 1 aromatic heterocycles. The highest BCUT2D eigenvalue weighted by atomic mass is 16.6. The van der Waals surface area contributed by atoms with Gasteiger partial charge in [0.2, 0.25) is 5.60 Å². The fourth-order valence-corrected chi connectivity index (χ4v) is 9.44. The normalized spacial score (nSPS) is 20.8. The van der Waals surface area contributed by atoms with Gasteiger partial charge in [-0.1, -0.05) is 32.8 Å². The third kappa shape index (κ3) is 7.15. The molecule has 13 nitrogen and oxygen atoms in total. The lowest BCUT2D eigenvalue weighted by molar-refractivity contribution is -0.189. The minimum absolute atomic E-state index is 0.0116. The first kappa shape index (κ1) is 38.6. The number of amides is 3. The first-order valence-electron chi connectivity index (χ1n) is 20.6. The molecule has 3 amide bonds. The predicted octanol–water partition coefficient (Wildman–Crippen LogP) is 5.73. The van der Waals surface area contributed by atoms with E-state index in [9.17, 15) is 28.8 Å². The van der Waals surface area contributed by atoms with Crippen molar-refractivity contribution in [3.8, 4) is 17.0 Å². The molecule has 8 rings (SSSR count). The number of esters is 2. The Morgan fingerprint density at radius 3 is 2.35 bits per heavy atom. The lowest BCUT2D eigenvalue weighted by Gasteiger charge is -2.39. The Bertz CT molecular complexity index is 2210. The Morgan fingerprint density at radius 2 is 1.63 bits per heavy atom. The van der Waals surface area contributed by atoms with Gasteiger partial charge in [0.15, 0.2) is 0 Å². The van der Waals surface area contributed by atoms with Gasteiger partial charge in [-0.2, -0.15) is 0 Å². The molecule has 5 aliphatic rings. The van der Waals surface area contributed by atoms with Crippen LogP contribution in [-0.4, -0.2) is 87.9 Å². The molecule has 0 aliphatic carbocycles. The summed E-state index contributed by atoms with van der Waals surface area (Å²) in [5.41, 5.74) is 2.06. The van der Waals surface area contributed by atoms with Gasteiger partial charge in [0.05, 0.1) is 17.8 Å². The van der Waals surface area contributed by atoms with Crippen molar-refractivity contribution in [1.29, 1.82) is 0 Å². The van der Waals surface area contributed by atoms with E-state index in [1.54, 1.807) is 11.5 Å². The summed E-state index contributed by atoms with van der Waals surface area (Å²) in [6.07, 6.45) is 10.1. The number of benzene rings is 2. The number of imide groups is 1. The second kappa shape index (κ2) is 15.9. The van der Waals surface area contributed by atoms with Crippen molar-refractivity contribution in [3.05, 3.63) is 75.1 Å². The summed E-state index contributed by atoms with van der Waals surface area (Å²) in [6.45, 7) is 7.81. The maximum atomic E-state index is 14.2. The average molecular weight is 779 g/mol. The first-order chi connectivity index (χ1) is 27.6. The third-order valence-electron chi connectivity index (χ3n) is 12.6. The Labute approximate surface area is 331 Å². The molecule has 0 unspecified atom stereocenters. The van der Waals surface area contributed by atoms with E-state index in [1.165, 1.54) is 31.4 Å². The van der Waals surface area contributed by atoms with Crippen LogP contribution in [0.5, 0.6) is 5.75 Å². The molecule has 6 heterocycles. The molecule has 300 valence electrons. The van der Waals surface area contributed by atoms with Crippen molar-refractivity contribution in [2.24, 2.45) is 0 Å². The Balaban J connectivity index is 0.996. The summed E-state index contributed by atoms with van der Waals surface area (Å²) in [5.74, 6) is -1.53. The van der Waals surface area contributed by atoms with E-state index in [0.29, 0.717) is 68.4 Å². The highest BCUT2D eigenvalue weighted by Gasteiger charge is 2.50. The molecule has 0 bridgehead atoms. The molecule has 0 radical (unpaired) electrons. The second-order valence-corrected chi connectivity index (χ2v) is 15.8. The van der Waals surface area contributed by atoms with Crippen LogP contribution in [0.1, 0.15) is 100 Å². The van der Waals surface area contributed by atoms with Gasteiger partial charge in [-0.3, -0.25) is 24.1 Å². The monoisotopic (exact) mass is 778 g/mol. The van der Waals surface area contributed by atoms with E-state index in [2.05, 4.69) is 11.8 Å². The molecule has 3 aromatic rings. The molecule has 0 spiro atoms. The molecule has 1 atom stereocenters. The van der Waals surface area contributed by atoms with Crippen LogP contribution in [0.3, 0.4) is 0 Å². The number of carbonyl (C=O) groups is 5. The molecular formula is C44H50N4O9. The molecule has 13 heteroatoms. The number of rotatable bonds is 11. The van der Waals surface area contributed by atoms with Gasteiger partial charge in [0, 0.05) is 55.4 Å². The van der Waals surface area contributed by atoms with Crippen LogP contribution in [0.2, 0.25) is 0 Å². The SMILES string of the molecule is CCc1c2c(cc3ccc(OC(=O)N4CCC(N5CCCCC5)CC4)cc13)-c1cc3c(c(=O)n1C2)COC(=O)[C@@]3(CC)OC(=O)CCCCCN1C(=O)C=CC1=O. The summed E-state index contributed by atoms with van der Waals surface area (Å²) in [7, 11) is 0. The van der Waals surface area contributed by atoms with Gasteiger partial charge < -0.3 is 28.6 Å². The number of pyridine rings is 1. The Hall–Kier alpha value is -5.30. The van der Waals surface area contributed by atoms with E-state index < -0.39 is 17.5 Å². The number of aryl methyl sites for hydroxylation is 1. The smallest absolute Gasteiger partial charge is 0.415 e. The number of cyclic esters (lactones) is 1. The molecule has 57 heavy (non-hydrogen) atoms. The van der Waals surface area contributed by atoms with Crippen molar-refractivity contribution >= 4 is 40.6 Å². The Morgan fingerprint density at radius 1 is 0.877 bits per heavy atom. The van der Waals surface area contributed by atoms with Crippen LogP contribution in [-0.2, 0) is 53.8 Å². The molecule has 0 saturated carbocycles. The number of fused-ring (bicyclic) bond motifs is 5. The molecule has 2 saturated heterocycles. The maximum absolute atomic E-state index is 14.2. The summed E-state index contributed by atoms with van der Waals surface area (Å²) in [5, 5.41) is 1.87. The maximum Gasteiger partial charge on any atom is 0.415 e. The van der Waals surface area contributed by atoms with Crippen molar-refractivity contribution in [2.75, 3.05) is 32.7 Å². The number of hydrogen-bond donors (Lipinski definition) is 0. The number of piperidine rings is 2. The fourth-order valence-electron chi connectivity index (χ4n) is 9.44. The summed E-state index contributed by atoms with van der Waals surface area (Å²) >= 11 is 0. The zero-order chi connectivity index (χ0) is 39.8. The molecule has 2 aromatic carbocycles. The Kier molecular flexibility index (Phi) is 10.8. The van der Waals surface area contributed by atoms with Gasteiger partial charge in [0.1, 0.15) is 12.4 Å². The minimum atomic E-state index is -1.78. The summed E-state index contributed by atoms with van der Waals surface area (Å²) in [4.78, 5) is 83.5. The number of hydrogen-bond acceptors (Lipinski definition) is 10. The van der Waals surface area contributed by atoms with Gasteiger partial charge in [0.25, 0.3) is 17.4 Å². The van der Waals surface area contributed by atoms with Gasteiger partial charge in [-0.15, -0.1) is 0 Å². The number of unbranched alkanes of at least 4 members (excludes halogenated alkanes) is 2. The summed E-state index contributed by atoms with van der Waals surface area (Å²) in [6, 6.07) is 10.0. The number of ether oxygens (including phenoxy) is 3. The lowest BCUT2D eigenvalue weighted by Crippen LogP contribution is -2.48. The largest absolute Gasteiger partial charge is 0.457 e. The molecule has 0 N–H and O–H groups in total. The minimum Gasteiger partial charge on any atom is -0.457 e. The summed E-state index contributed by atoms with van der Waals surface area (Å²) < 4.78 is 19.2. The fraction of sp³-hybridized carbons (Fsp3) is 0.500. The van der Waals surface area contributed by atoms with Crippen LogP contribution < -0.4 is 10.3 Å². The van der Waals surface area contributed by atoms with E-state index in [4.69, 9.17) is 14.2 Å². The topological polar surface area (TPSA) is 145 Å². The molecule has 5 aliphatic heterocycles. The number of carbonyl (C=O) groups excluding carboxylic acids is 5. The zero-order valence-corrected chi connectivity index (χ0v) is 32.8. The third-order valence-corrected chi connectivity index (χ3v) is 12.6.